The first-order chi connectivity index (χ1) is 13.9. The van der Waals surface area contributed by atoms with Gasteiger partial charge >= 0.3 is 0 Å². The molecule has 1 heterocycles. The Morgan fingerprint density at radius 1 is 1.14 bits per heavy atom. The lowest BCUT2D eigenvalue weighted by Gasteiger charge is -2.42. The minimum absolute atomic E-state index is 0.398. The molecule has 7 nitrogen and oxygen atoms in total. The molecule has 1 amide bonds. The number of hydrogen-bond donors (Lipinski definition) is 4. The maximum atomic E-state index is 11.6. The maximum absolute atomic E-state index is 11.6. The van der Waals surface area contributed by atoms with Crippen LogP contribution >= 0.6 is 0 Å². The number of aliphatic hydroxyl groups is 3. The van der Waals surface area contributed by atoms with Gasteiger partial charge < -0.3 is 30.1 Å². The minimum atomic E-state index is -1.36. The van der Waals surface area contributed by atoms with Crippen LogP contribution in [0.3, 0.4) is 0 Å². The predicted octanol–water partition coefficient (Wildman–Crippen LogP) is 1.24. The second-order valence-electron chi connectivity index (χ2n) is 7.10. The number of carbonyl (C=O) groups is 1. The summed E-state index contributed by atoms with van der Waals surface area (Å²) in [5.74, 6) is 0.103. The highest BCUT2D eigenvalue weighted by Crippen LogP contribution is 2.33. The van der Waals surface area contributed by atoms with E-state index in [0.717, 1.165) is 17.5 Å². The predicted molar refractivity (Wildman–Crippen MR) is 107 cm³/mol. The molecule has 5 unspecified atom stereocenters. The fraction of sp³-hybridized carbons (Fsp3) is 0.409. The quantitative estimate of drug-likeness (QED) is 0.580. The molecule has 7 heteroatoms. The minimum Gasteiger partial charge on any atom is -0.462 e. The molecule has 156 valence electrons. The second-order valence-corrected chi connectivity index (χ2v) is 7.10. The molecule has 2 aromatic rings. The monoisotopic (exact) mass is 401 g/mol. The van der Waals surface area contributed by atoms with E-state index in [2.05, 4.69) is 18.3 Å². The number of ether oxygens (including phenoxy) is 2. The van der Waals surface area contributed by atoms with E-state index in [4.69, 9.17) is 9.47 Å². The molecule has 4 N–H and O–H groups in total. The SMILES string of the molecule is CCc1cccc(-c2ccccc2OC2OC(CO)C(O)C(O)C2NC(C)=O)c1. The van der Waals surface area contributed by atoms with Gasteiger partial charge in [-0.05, 0) is 23.6 Å². The third-order valence-corrected chi connectivity index (χ3v) is 5.03. The number of nitrogens with one attached hydrogen (secondary N) is 1. The van der Waals surface area contributed by atoms with Crippen LogP contribution in [0.25, 0.3) is 11.1 Å². The van der Waals surface area contributed by atoms with E-state index in [1.54, 1.807) is 6.07 Å². The molecule has 1 saturated heterocycles. The number of benzene rings is 2. The van der Waals surface area contributed by atoms with Crippen molar-refractivity contribution in [1.29, 1.82) is 0 Å². The first-order valence-electron chi connectivity index (χ1n) is 9.69. The zero-order valence-corrected chi connectivity index (χ0v) is 16.5. The highest BCUT2D eigenvalue weighted by Gasteiger charge is 2.46. The topological polar surface area (TPSA) is 108 Å². The number of hydrogen-bond acceptors (Lipinski definition) is 6. The molecule has 0 spiro atoms. The summed E-state index contributed by atoms with van der Waals surface area (Å²) in [7, 11) is 0. The molecular weight excluding hydrogens is 374 g/mol. The van der Waals surface area contributed by atoms with Gasteiger partial charge in [-0.2, -0.15) is 0 Å². The van der Waals surface area contributed by atoms with Crippen molar-refractivity contribution in [3.05, 3.63) is 54.1 Å². The van der Waals surface area contributed by atoms with Crippen molar-refractivity contribution in [3.8, 4) is 16.9 Å². The summed E-state index contributed by atoms with van der Waals surface area (Å²) in [6.07, 6.45) is -3.94. The molecule has 0 bridgehead atoms. The van der Waals surface area contributed by atoms with Crippen LogP contribution in [0.4, 0.5) is 0 Å². The third kappa shape index (κ3) is 4.76. The molecule has 0 aromatic heterocycles. The summed E-state index contributed by atoms with van der Waals surface area (Å²) in [6.45, 7) is 2.89. The molecular formula is C22H27NO6. The highest BCUT2D eigenvalue weighted by molar-refractivity contribution is 5.73. The highest BCUT2D eigenvalue weighted by atomic mass is 16.7. The average molecular weight is 401 g/mol. The van der Waals surface area contributed by atoms with Gasteiger partial charge in [0.15, 0.2) is 0 Å². The summed E-state index contributed by atoms with van der Waals surface area (Å²) in [5, 5.41) is 32.7. The van der Waals surface area contributed by atoms with Gasteiger partial charge in [-0.15, -0.1) is 0 Å². The fourth-order valence-corrected chi connectivity index (χ4v) is 3.46. The zero-order valence-electron chi connectivity index (χ0n) is 16.5. The largest absolute Gasteiger partial charge is 0.462 e. The first kappa shape index (κ1) is 21.3. The normalized spacial score (nSPS) is 26.7. The van der Waals surface area contributed by atoms with Crippen LogP contribution in [-0.4, -0.2) is 58.5 Å². The molecule has 2 aromatic carbocycles. The number of aliphatic hydroxyl groups excluding tert-OH is 3. The van der Waals surface area contributed by atoms with Crippen molar-refractivity contribution in [2.45, 2.75) is 50.9 Å². The van der Waals surface area contributed by atoms with Crippen LogP contribution in [0.15, 0.2) is 48.5 Å². The lowest BCUT2D eigenvalue weighted by Crippen LogP contribution is -2.65. The lowest BCUT2D eigenvalue weighted by atomic mass is 9.96. The first-order valence-corrected chi connectivity index (χ1v) is 9.69. The fourth-order valence-electron chi connectivity index (χ4n) is 3.46. The van der Waals surface area contributed by atoms with Gasteiger partial charge in [0, 0.05) is 12.5 Å². The standard InChI is InChI=1S/C22H27NO6/c1-3-14-7-6-8-15(11-14)16-9-4-5-10-17(16)28-22-19(23-13(2)25)21(27)20(26)18(12-24)29-22/h4-11,18-22,24,26-27H,3,12H2,1-2H3,(H,23,25). The van der Waals surface area contributed by atoms with E-state index in [-0.39, 0.29) is 0 Å². The number of carbonyl (C=O) groups excluding carboxylic acids is 1. The summed E-state index contributed by atoms with van der Waals surface area (Å²) in [5.41, 5.74) is 2.97. The summed E-state index contributed by atoms with van der Waals surface area (Å²) in [6, 6.07) is 14.5. The maximum Gasteiger partial charge on any atom is 0.223 e. The molecule has 1 aliphatic rings. The van der Waals surface area contributed by atoms with Crippen LogP contribution in [0.5, 0.6) is 5.75 Å². The van der Waals surface area contributed by atoms with Crippen molar-refractivity contribution in [2.24, 2.45) is 0 Å². The summed E-state index contributed by atoms with van der Waals surface area (Å²) in [4.78, 5) is 11.6. The Balaban J connectivity index is 1.93. The Morgan fingerprint density at radius 2 is 1.90 bits per heavy atom. The molecule has 3 rings (SSSR count). The smallest absolute Gasteiger partial charge is 0.223 e. The molecule has 1 fully saturated rings. The Bertz CT molecular complexity index is 842. The summed E-state index contributed by atoms with van der Waals surface area (Å²) >= 11 is 0. The Labute approximate surface area is 169 Å². The molecule has 0 saturated carbocycles. The van der Waals surface area contributed by atoms with E-state index in [1.807, 2.05) is 36.4 Å². The van der Waals surface area contributed by atoms with E-state index < -0.39 is 43.2 Å². The van der Waals surface area contributed by atoms with Gasteiger partial charge in [0.1, 0.15) is 30.1 Å². The van der Waals surface area contributed by atoms with Crippen LogP contribution in [-0.2, 0) is 16.0 Å². The van der Waals surface area contributed by atoms with Crippen molar-refractivity contribution >= 4 is 5.91 Å². The Morgan fingerprint density at radius 3 is 2.59 bits per heavy atom. The van der Waals surface area contributed by atoms with E-state index >= 15 is 0 Å². The van der Waals surface area contributed by atoms with E-state index in [1.165, 1.54) is 12.5 Å². The molecule has 29 heavy (non-hydrogen) atoms. The van der Waals surface area contributed by atoms with E-state index in [0.29, 0.717) is 5.75 Å². The van der Waals surface area contributed by atoms with Gasteiger partial charge in [0.25, 0.3) is 0 Å². The van der Waals surface area contributed by atoms with Gasteiger partial charge in [0.2, 0.25) is 12.2 Å². The lowest BCUT2D eigenvalue weighted by molar-refractivity contribution is -0.244. The van der Waals surface area contributed by atoms with E-state index in [9.17, 15) is 20.1 Å². The Kier molecular flexibility index (Phi) is 6.87. The number of aryl methyl sites for hydroxylation is 1. The van der Waals surface area contributed by atoms with Crippen LogP contribution in [0.2, 0.25) is 0 Å². The van der Waals surface area contributed by atoms with Gasteiger partial charge in [-0.3, -0.25) is 4.79 Å². The molecule has 0 radical (unpaired) electrons. The summed E-state index contributed by atoms with van der Waals surface area (Å²) < 4.78 is 11.7. The van der Waals surface area contributed by atoms with Crippen LogP contribution in [0, 0.1) is 0 Å². The molecule has 0 aliphatic carbocycles. The van der Waals surface area contributed by atoms with Crippen LogP contribution < -0.4 is 10.1 Å². The number of amides is 1. The molecule has 1 aliphatic heterocycles. The number of rotatable bonds is 6. The second kappa shape index (κ2) is 9.37. The van der Waals surface area contributed by atoms with Gasteiger partial charge in [-0.1, -0.05) is 49.4 Å². The zero-order chi connectivity index (χ0) is 21.0. The van der Waals surface area contributed by atoms with Crippen molar-refractivity contribution in [1.82, 2.24) is 5.32 Å². The van der Waals surface area contributed by atoms with Gasteiger partial charge in [0.05, 0.1) is 6.61 Å². The van der Waals surface area contributed by atoms with Crippen LogP contribution in [0.1, 0.15) is 19.4 Å². The Hall–Kier alpha value is -2.45. The van der Waals surface area contributed by atoms with Gasteiger partial charge in [-0.25, -0.2) is 0 Å². The number of para-hydroxylation sites is 1. The third-order valence-electron chi connectivity index (χ3n) is 5.03. The van der Waals surface area contributed by atoms with Crippen molar-refractivity contribution in [3.63, 3.8) is 0 Å². The molecule has 5 atom stereocenters. The average Bonchev–Trinajstić information content (AvgIpc) is 2.73. The van der Waals surface area contributed by atoms with Crippen molar-refractivity contribution < 1.29 is 29.6 Å². The van der Waals surface area contributed by atoms with Crippen molar-refractivity contribution in [2.75, 3.05) is 6.61 Å².